The van der Waals surface area contributed by atoms with Gasteiger partial charge in [0.2, 0.25) is 0 Å². The van der Waals surface area contributed by atoms with E-state index < -0.39 is 11.8 Å². The van der Waals surface area contributed by atoms with Crippen LogP contribution in [0.1, 0.15) is 17.3 Å². The van der Waals surface area contributed by atoms with E-state index in [0.29, 0.717) is 16.9 Å². The molecule has 2 aromatic carbocycles. The number of pyridine rings is 2. The Bertz CT molecular complexity index is 1210. The standard InChI is InChI=1S/C23H18FN3O2/c1-2-25-19-6-4-3-5-16(19)14-7-9-21(26-13-14)22-12-18(23(28)29)17-11-15(24)8-10-20(17)27-22/h3-13,25H,2H2,1H3,(H,28,29). The van der Waals surface area contributed by atoms with Gasteiger partial charge in [0.05, 0.1) is 22.5 Å². The normalized spacial score (nSPS) is 10.8. The minimum Gasteiger partial charge on any atom is -0.478 e. The SMILES string of the molecule is CCNc1ccccc1-c1ccc(-c2cc(C(=O)O)c3cc(F)ccc3n2)nc1. The van der Waals surface area contributed by atoms with E-state index in [2.05, 4.69) is 15.3 Å². The Balaban J connectivity index is 1.78. The summed E-state index contributed by atoms with van der Waals surface area (Å²) in [6.07, 6.45) is 1.74. The van der Waals surface area contributed by atoms with Crippen LogP contribution in [0, 0.1) is 5.82 Å². The van der Waals surface area contributed by atoms with Gasteiger partial charge in [0.15, 0.2) is 0 Å². The van der Waals surface area contributed by atoms with Crippen molar-refractivity contribution in [2.24, 2.45) is 0 Å². The highest BCUT2D eigenvalue weighted by atomic mass is 19.1. The molecule has 29 heavy (non-hydrogen) atoms. The molecular formula is C23H18FN3O2. The first-order valence-corrected chi connectivity index (χ1v) is 9.20. The van der Waals surface area contributed by atoms with Crippen molar-refractivity contribution >= 4 is 22.6 Å². The summed E-state index contributed by atoms with van der Waals surface area (Å²) < 4.78 is 13.6. The summed E-state index contributed by atoms with van der Waals surface area (Å²) in [4.78, 5) is 20.6. The van der Waals surface area contributed by atoms with Gasteiger partial charge in [0.25, 0.3) is 0 Å². The third kappa shape index (κ3) is 3.65. The van der Waals surface area contributed by atoms with Gasteiger partial charge < -0.3 is 10.4 Å². The maximum absolute atomic E-state index is 13.6. The molecule has 0 atom stereocenters. The smallest absolute Gasteiger partial charge is 0.336 e. The van der Waals surface area contributed by atoms with Crippen LogP contribution in [0.2, 0.25) is 0 Å². The number of carbonyl (C=O) groups is 1. The van der Waals surface area contributed by atoms with Gasteiger partial charge in [-0.05, 0) is 43.3 Å². The number of para-hydroxylation sites is 1. The highest BCUT2D eigenvalue weighted by molar-refractivity contribution is 6.03. The van der Waals surface area contributed by atoms with E-state index in [1.165, 1.54) is 24.3 Å². The number of carboxylic acids is 1. The summed E-state index contributed by atoms with van der Waals surface area (Å²) in [6, 6.07) is 17.0. The number of carboxylic acid groups (broad SMARTS) is 1. The molecule has 2 heterocycles. The van der Waals surface area contributed by atoms with E-state index in [9.17, 15) is 14.3 Å². The van der Waals surface area contributed by atoms with Crippen molar-refractivity contribution in [1.82, 2.24) is 9.97 Å². The second-order valence-corrected chi connectivity index (χ2v) is 6.53. The van der Waals surface area contributed by atoms with Gasteiger partial charge in [0.1, 0.15) is 5.82 Å². The van der Waals surface area contributed by atoms with Crippen molar-refractivity contribution in [3.8, 4) is 22.5 Å². The number of hydrogen-bond acceptors (Lipinski definition) is 4. The van der Waals surface area contributed by atoms with Crippen molar-refractivity contribution < 1.29 is 14.3 Å². The Morgan fingerprint density at radius 3 is 2.62 bits per heavy atom. The van der Waals surface area contributed by atoms with Gasteiger partial charge in [-0.3, -0.25) is 4.98 Å². The lowest BCUT2D eigenvalue weighted by Crippen LogP contribution is -2.01. The Morgan fingerprint density at radius 1 is 1.07 bits per heavy atom. The van der Waals surface area contributed by atoms with Crippen molar-refractivity contribution in [3.05, 3.63) is 78.2 Å². The van der Waals surface area contributed by atoms with E-state index in [1.807, 2.05) is 37.3 Å². The van der Waals surface area contributed by atoms with Crippen LogP contribution in [-0.4, -0.2) is 27.6 Å². The Labute approximate surface area is 166 Å². The number of nitrogens with zero attached hydrogens (tertiary/aromatic N) is 2. The molecule has 0 aliphatic carbocycles. The van der Waals surface area contributed by atoms with Crippen molar-refractivity contribution in [3.63, 3.8) is 0 Å². The quantitative estimate of drug-likeness (QED) is 0.490. The topological polar surface area (TPSA) is 75.1 Å². The summed E-state index contributed by atoms with van der Waals surface area (Å²) >= 11 is 0. The van der Waals surface area contributed by atoms with E-state index in [1.54, 1.807) is 12.3 Å². The number of benzene rings is 2. The lowest BCUT2D eigenvalue weighted by molar-refractivity contribution is 0.0699. The number of anilines is 1. The highest BCUT2D eigenvalue weighted by Gasteiger charge is 2.15. The average molecular weight is 387 g/mol. The number of nitrogens with one attached hydrogen (secondary N) is 1. The fourth-order valence-electron chi connectivity index (χ4n) is 3.29. The fraction of sp³-hybridized carbons (Fsp3) is 0.0870. The minimum atomic E-state index is -1.14. The molecule has 0 bridgehead atoms. The first-order valence-electron chi connectivity index (χ1n) is 9.20. The third-order valence-corrected chi connectivity index (χ3v) is 4.63. The molecule has 5 nitrogen and oxygen atoms in total. The van der Waals surface area contributed by atoms with Crippen LogP contribution in [0.3, 0.4) is 0 Å². The number of aromatic carboxylic acids is 1. The van der Waals surface area contributed by atoms with Gasteiger partial charge in [-0.1, -0.05) is 24.3 Å². The first-order chi connectivity index (χ1) is 14.1. The van der Waals surface area contributed by atoms with Gasteiger partial charge in [-0.25, -0.2) is 14.2 Å². The Hall–Kier alpha value is -3.80. The lowest BCUT2D eigenvalue weighted by Gasteiger charge is -2.11. The number of rotatable bonds is 5. The molecule has 4 aromatic rings. The summed E-state index contributed by atoms with van der Waals surface area (Å²) in [7, 11) is 0. The summed E-state index contributed by atoms with van der Waals surface area (Å²) in [5.74, 6) is -1.64. The summed E-state index contributed by atoms with van der Waals surface area (Å²) in [6.45, 7) is 2.84. The van der Waals surface area contributed by atoms with E-state index >= 15 is 0 Å². The number of fused-ring (bicyclic) bond motifs is 1. The fourth-order valence-corrected chi connectivity index (χ4v) is 3.29. The monoisotopic (exact) mass is 387 g/mol. The van der Waals surface area contributed by atoms with Crippen molar-refractivity contribution in [2.45, 2.75) is 6.92 Å². The molecule has 0 saturated carbocycles. The zero-order valence-electron chi connectivity index (χ0n) is 15.7. The predicted molar refractivity (Wildman–Crippen MR) is 111 cm³/mol. The second kappa shape index (κ2) is 7.67. The molecule has 4 rings (SSSR count). The van der Waals surface area contributed by atoms with E-state index in [-0.39, 0.29) is 10.9 Å². The van der Waals surface area contributed by atoms with Gasteiger partial charge in [-0.15, -0.1) is 0 Å². The maximum Gasteiger partial charge on any atom is 0.336 e. The van der Waals surface area contributed by atoms with Gasteiger partial charge in [-0.2, -0.15) is 0 Å². The second-order valence-electron chi connectivity index (χ2n) is 6.53. The van der Waals surface area contributed by atoms with Crippen molar-refractivity contribution in [2.75, 3.05) is 11.9 Å². The van der Waals surface area contributed by atoms with E-state index in [4.69, 9.17) is 0 Å². The Kier molecular flexibility index (Phi) is 4.91. The van der Waals surface area contributed by atoms with Crippen molar-refractivity contribution in [1.29, 1.82) is 0 Å². The molecule has 0 aliphatic heterocycles. The maximum atomic E-state index is 13.6. The van der Waals surface area contributed by atoms with E-state index in [0.717, 1.165) is 23.4 Å². The molecule has 0 aliphatic rings. The van der Waals surface area contributed by atoms with Gasteiger partial charge >= 0.3 is 5.97 Å². The molecular weight excluding hydrogens is 369 g/mol. The molecule has 2 aromatic heterocycles. The molecule has 0 amide bonds. The number of aromatic nitrogens is 2. The minimum absolute atomic E-state index is 0.00660. The molecule has 0 unspecified atom stereocenters. The molecule has 0 fully saturated rings. The molecule has 6 heteroatoms. The molecule has 0 spiro atoms. The zero-order chi connectivity index (χ0) is 20.4. The number of hydrogen-bond donors (Lipinski definition) is 2. The number of halogens is 1. The summed E-state index contributed by atoms with van der Waals surface area (Å²) in [5.41, 5.74) is 4.35. The molecule has 144 valence electrons. The Morgan fingerprint density at radius 2 is 1.90 bits per heavy atom. The van der Waals surface area contributed by atoms with Crippen LogP contribution < -0.4 is 5.32 Å². The van der Waals surface area contributed by atoms with Crippen LogP contribution in [0.15, 0.2) is 66.9 Å². The van der Waals surface area contributed by atoms with Crippen LogP contribution in [0.5, 0.6) is 0 Å². The van der Waals surface area contributed by atoms with Crippen LogP contribution in [-0.2, 0) is 0 Å². The lowest BCUT2D eigenvalue weighted by atomic mass is 10.0. The van der Waals surface area contributed by atoms with Crippen LogP contribution in [0.25, 0.3) is 33.4 Å². The molecule has 0 radical (unpaired) electrons. The largest absolute Gasteiger partial charge is 0.478 e. The average Bonchev–Trinajstić information content (AvgIpc) is 2.74. The first kappa shape index (κ1) is 18.6. The third-order valence-electron chi connectivity index (χ3n) is 4.63. The molecule has 0 saturated heterocycles. The van der Waals surface area contributed by atoms with Crippen LogP contribution >= 0.6 is 0 Å². The summed E-state index contributed by atoms with van der Waals surface area (Å²) in [5, 5.41) is 13.1. The van der Waals surface area contributed by atoms with Crippen LogP contribution in [0.4, 0.5) is 10.1 Å². The van der Waals surface area contributed by atoms with Gasteiger partial charge in [0, 0.05) is 34.9 Å². The molecule has 2 N–H and O–H groups in total. The highest BCUT2D eigenvalue weighted by Crippen LogP contribution is 2.29. The zero-order valence-corrected chi connectivity index (χ0v) is 15.7. The predicted octanol–water partition coefficient (Wildman–Crippen LogP) is 5.23.